The molecule has 20 heavy (non-hydrogen) atoms. The Morgan fingerprint density at radius 1 is 1.40 bits per heavy atom. The molecule has 0 heterocycles. The second-order valence-electron chi connectivity index (χ2n) is 3.60. The Morgan fingerprint density at radius 3 is 2.30 bits per heavy atom. The molecular formula is C9H11F3O7S. The van der Waals surface area contributed by atoms with Crippen molar-refractivity contribution in [3.05, 3.63) is 12.4 Å². The number of esters is 2. The van der Waals surface area contributed by atoms with Crippen molar-refractivity contribution in [3.8, 4) is 0 Å². The van der Waals surface area contributed by atoms with Gasteiger partial charge in [-0.1, -0.05) is 6.58 Å². The van der Waals surface area contributed by atoms with Gasteiger partial charge in [0.25, 0.3) is 0 Å². The third-order valence-corrected chi connectivity index (χ3v) is 2.64. The molecule has 0 aliphatic carbocycles. The Morgan fingerprint density at radius 2 is 1.90 bits per heavy atom. The van der Waals surface area contributed by atoms with E-state index in [1.165, 1.54) is 0 Å². The van der Waals surface area contributed by atoms with Crippen molar-refractivity contribution < 1.29 is 45.2 Å². The van der Waals surface area contributed by atoms with Crippen molar-refractivity contribution in [3.63, 3.8) is 0 Å². The molecule has 0 aliphatic rings. The predicted molar refractivity (Wildman–Crippen MR) is 57.9 cm³/mol. The zero-order chi connectivity index (χ0) is 16.1. The summed E-state index contributed by atoms with van der Waals surface area (Å²) < 4.78 is 74.4. The molecule has 0 rings (SSSR count). The fraction of sp³-hybridized carbons (Fsp3) is 0.556. The Hall–Kier alpha value is -1.62. The second kappa shape index (κ2) is 6.70. The smallest absolute Gasteiger partial charge is 0.402 e. The van der Waals surface area contributed by atoms with Crippen LogP contribution in [-0.4, -0.2) is 42.9 Å². The first-order chi connectivity index (χ1) is 8.86. The number of hydrogen-bond acceptors (Lipinski definition) is 6. The number of alkyl halides is 2. The summed E-state index contributed by atoms with van der Waals surface area (Å²) in [4.78, 5) is 21.7. The Balaban J connectivity index is 4.32. The first-order valence-electron chi connectivity index (χ1n) is 4.92. The van der Waals surface area contributed by atoms with Crippen LogP contribution in [0.2, 0.25) is 0 Å². The van der Waals surface area contributed by atoms with Gasteiger partial charge in [0.05, 0.1) is 6.42 Å². The summed E-state index contributed by atoms with van der Waals surface area (Å²) in [5, 5.41) is -4.66. The summed E-state index contributed by atoms with van der Waals surface area (Å²) in [6.07, 6.45) is -1.93. The first kappa shape index (κ1) is 18.4. The van der Waals surface area contributed by atoms with E-state index in [0.29, 0.717) is 0 Å². The van der Waals surface area contributed by atoms with E-state index in [4.69, 9.17) is 4.55 Å². The van der Waals surface area contributed by atoms with Gasteiger partial charge >= 0.3 is 27.3 Å². The highest BCUT2D eigenvalue weighted by Crippen LogP contribution is 2.20. The number of halogens is 3. The van der Waals surface area contributed by atoms with Crippen LogP contribution in [0.15, 0.2) is 12.4 Å². The molecule has 0 spiro atoms. The van der Waals surface area contributed by atoms with Gasteiger partial charge in [-0.15, -0.1) is 0 Å². The summed E-state index contributed by atoms with van der Waals surface area (Å²) in [7, 11) is -5.71. The highest BCUT2D eigenvalue weighted by atomic mass is 32.2. The number of rotatable bonds is 7. The van der Waals surface area contributed by atoms with Crippen LogP contribution >= 0.6 is 0 Å². The zero-order valence-electron chi connectivity index (χ0n) is 10.1. The molecule has 0 aromatic heterocycles. The molecule has 0 aromatic rings. The van der Waals surface area contributed by atoms with Gasteiger partial charge in [0.15, 0.2) is 6.61 Å². The van der Waals surface area contributed by atoms with Crippen LogP contribution in [0.3, 0.4) is 0 Å². The molecule has 0 aliphatic heterocycles. The summed E-state index contributed by atoms with van der Waals surface area (Å²) in [6.45, 7) is 1.87. The van der Waals surface area contributed by atoms with Crippen molar-refractivity contribution in [2.45, 2.75) is 24.7 Å². The minimum Gasteiger partial charge on any atom is -0.458 e. The van der Waals surface area contributed by atoms with Crippen LogP contribution in [-0.2, 0) is 29.2 Å². The number of hydrogen-bond donors (Lipinski definition) is 1. The van der Waals surface area contributed by atoms with Crippen molar-refractivity contribution in [2.75, 3.05) is 6.61 Å². The standard InChI is InChI=1S/C9H11F3O7S/c1-5(19-8(14)6(2)10)3-7(13)18-4-9(11,12)20(15,16)17/h5H,2-4H2,1H3,(H,15,16,17). The largest absolute Gasteiger partial charge is 0.458 e. The van der Waals surface area contributed by atoms with E-state index in [1.54, 1.807) is 0 Å². The number of ether oxygens (including phenoxy) is 2. The maximum atomic E-state index is 12.7. The fourth-order valence-corrected chi connectivity index (χ4v) is 1.03. The molecule has 0 saturated heterocycles. The molecule has 0 bridgehead atoms. The van der Waals surface area contributed by atoms with E-state index in [0.717, 1.165) is 6.92 Å². The third kappa shape index (κ3) is 6.02. The molecule has 0 aromatic carbocycles. The Kier molecular flexibility index (Phi) is 6.16. The van der Waals surface area contributed by atoms with Crippen LogP contribution < -0.4 is 0 Å². The van der Waals surface area contributed by atoms with Crippen LogP contribution in [0.5, 0.6) is 0 Å². The molecule has 1 atom stereocenters. The van der Waals surface area contributed by atoms with Gasteiger partial charge in [0, 0.05) is 0 Å². The fourth-order valence-electron chi connectivity index (χ4n) is 0.821. The predicted octanol–water partition coefficient (Wildman–Crippen LogP) is 0.815. The van der Waals surface area contributed by atoms with Crippen LogP contribution in [0, 0.1) is 0 Å². The highest BCUT2D eigenvalue weighted by molar-refractivity contribution is 7.86. The average molecular weight is 320 g/mol. The Labute approximate surface area is 112 Å². The number of carbonyl (C=O) groups is 2. The molecule has 0 fully saturated rings. The lowest BCUT2D eigenvalue weighted by Crippen LogP contribution is -2.35. The summed E-state index contributed by atoms with van der Waals surface area (Å²) in [5.74, 6) is -4.19. The van der Waals surface area contributed by atoms with Crippen LogP contribution in [0.4, 0.5) is 13.2 Å². The second-order valence-corrected chi connectivity index (χ2v) is 5.15. The molecule has 116 valence electrons. The Bertz CT molecular complexity index is 500. The van der Waals surface area contributed by atoms with Crippen molar-refractivity contribution in [2.24, 2.45) is 0 Å². The van der Waals surface area contributed by atoms with E-state index >= 15 is 0 Å². The highest BCUT2D eigenvalue weighted by Gasteiger charge is 2.45. The van der Waals surface area contributed by atoms with E-state index in [-0.39, 0.29) is 0 Å². The molecule has 0 amide bonds. The molecule has 0 saturated carbocycles. The number of carbonyl (C=O) groups excluding carboxylic acids is 2. The lowest BCUT2D eigenvalue weighted by molar-refractivity contribution is -0.156. The van der Waals surface area contributed by atoms with E-state index in [9.17, 15) is 31.2 Å². The summed E-state index contributed by atoms with van der Waals surface area (Å²) in [6, 6.07) is 0. The van der Waals surface area contributed by atoms with Gasteiger partial charge in [-0.25, -0.2) is 4.79 Å². The van der Waals surface area contributed by atoms with Gasteiger partial charge in [-0.05, 0) is 6.92 Å². The van der Waals surface area contributed by atoms with E-state index in [2.05, 4.69) is 16.1 Å². The van der Waals surface area contributed by atoms with Gasteiger partial charge in [-0.2, -0.15) is 21.6 Å². The maximum Gasteiger partial charge on any atom is 0.402 e. The van der Waals surface area contributed by atoms with Crippen molar-refractivity contribution in [1.29, 1.82) is 0 Å². The quantitative estimate of drug-likeness (QED) is 0.420. The molecule has 0 radical (unpaired) electrons. The average Bonchev–Trinajstić information content (AvgIpc) is 2.24. The SMILES string of the molecule is C=C(F)C(=O)OC(C)CC(=O)OCC(F)(F)S(=O)(=O)O. The van der Waals surface area contributed by atoms with Crippen LogP contribution in [0.1, 0.15) is 13.3 Å². The van der Waals surface area contributed by atoms with Gasteiger partial charge in [0.1, 0.15) is 6.10 Å². The van der Waals surface area contributed by atoms with E-state index < -0.39 is 52.3 Å². The van der Waals surface area contributed by atoms with Crippen molar-refractivity contribution >= 4 is 22.1 Å². The molecule has 7 nitrogen and oxygen atoms in total. The van der Waals surface area contributed by atoms with Gasteiger partial charge < -0.3 is 9.47 Å². The lowest BCUT2D eigenvalue weighted by Gasteiger charge is -2.15. The van der Waals surface area contributed by atoms with Crippen LogP contribution in [0.25, 0.3) is 0 Å². The normalized spacial score (nSPS) is 13.4. The minimum absolute atomic E-state index is 0.722. The topological polar surface area (TPSA) is 107 Å². The van der Waals surface area contributed by atoms with Gasteiger partial charge in [0.2, 0.25) is 5.83 Å². The lowest BCUT2D eigenvalue weighted by atomic mass is 10.3. The molecule has 1 N–H and O–H groups in total. The van der Waals surface area contributed by atoms with Gasteiger partial charge in [-0.3, -0.25) is 9.35 Å². The van der Waals surface area contributed by atoms with Crippen molar-refractivity contribution in [1.82, 2.24) is 0 Å². The molecule has 11 heteroatoms. The first-order valence-corrected chi connectivity index (χ1v) is 6.36. The molecular weight excluding hydrogens is 309 g/mol. The summed E-state index contributed by atoms with van der Waals surface area (Å²) >= 11 is 0. The maximum absolute atomic E-state index is 12.7. The van der Waals surface area contributed by atoms with E-state index in [1.807, 2.05) is 0 Å². The monoisotopic (exact) mass is 320 g/mol. The zero-order valence-corrected chi connectivity index (χ0v) is 11.0. The minimum atomic E-state index is -5.71. The third-order valence-electron chi connectivity index (χ3n) is 1.76. The molecule has 1 unspecified atom stereocenters. The summed E-state index contributed by atoms with van der Waals surface area (Å²) in [5.41, 5.74) is 0.